The van der Waals surface area contributed by atoms with Crippen molar-refractivity contribution in [2.45, 2.75) is 44.3 Å². The third-order valence-corrected chi connectivity index (χ3v) is 5.75. The van der Waals surface area contributed by atoms with Gasteiger partial charge in [-0.2, -0.15) is 0 Å². The predicted octanol–water partition coefficient (Wildman–Crippen LogP) is -0.194. The molecule has 2 heterocycles. The number of carboxylic acid groups (broad SMARTS) is 1. The van der Waals surface area contributed by atoms with Gasteiger partial charge >= 0.3 is 5.97 Å². The first kappa shape index (κ1) is 19.9. The third-order valence-electron chi connectivity index (χ3n) is 5.75. The highest BCUT2D eigenvalue weighted by molar-refractivity contribution is 6.05. The number of aliphatic carboxylic acids is 1. The SMILES string of the molecule is O=C1CCC(N2Cc3c(OCC(=O)NC4CC(C(=O)O)C4)cccc3C2=O)C(=O)N1. The highest BCUT2D eigenvalue weighted by atomic mass is 16.5. The summed E-state index contributed by atoms with van der Waals surface area (Å²) in [4.78, 5) is 60.6. The number of rotatable bonds is 6. The minimum atomic E-state index is -0.859. The zero-order chi connectivity index (χ0) is 21.4. The van der Waals surface area contributed by atoms with Crippen molar-refractivity contribution in [2.24, 2.45) is 5.92 Å². The highest BCUT2D eigenvalue weighted by Crippen LogP contribution is 2.33. The lowest BCUT2D eigenvalue weighted by Gasteiger charge is -2.32. The molecule has 1 aromatic rings. The fraction of sp³-hybridized carbons (Fsp3) is 0.450. The summed E-state index contributed by atoms with van der Waals surface area (Å²) in [5.74, 6) is -2.43. The van der Waals surface area contributed by atoms with E-state index in [4.69, 9.17) is 9.84 Å². The summed E-state index contributed by atoms with van der Waals surface area (Å²) in [5, 5.41) is 13.9. The summed E-state index contributed by atoms with van der Waals surface area (Å²) in [5.41, 5.74) is 0.996. The molecule has 3 aliphatic rings. The molecule has 1 saturated carbocycles. The summed E-state index contributed by atoms with van der Waals surface area (Å²) in [6.45, 7) is -0.113. The van der Waals surface area contributed by atoms with Gasteiger partial charge < -0.3 is 20.1 Å². The van der Waals surface area contributed by atoms with E-state index < -0.39 is 23.8 Å². The van der Waals surface area contributed by atoms with Gasteiger partial charge in [0.25, 0.3) is 11.8 Å². The Balaban J connectivity index is 1.37. The lowest BCUT2D eigenvalue weighted by Crippen LogP contribution is -2.52. The van der Waals surface area contributed by atoms with Gasteiger partial charge in [-0.15, -0.1) is 0 Å². The van der Waals surface area contributed by atoms with Gasteiger partial charge in [-0.25, -0.2) is 0 Å². The number of fused-ring (bicyclic) bond motifs is 1. The van der Waals surface area contributed by atoms with Crippen LogP contribution in [-0.2, 0) is 25.7 Å². The first-order valence-corrected chi connectivity index (χ1v) is 9.75. The molecular weight excluding hydrogens is 394 g/mol. The molecule has 1 aliphatic carbocycles. The Morgan fingerprint density at radius 3 is 2.70 bits per heavy atom. The standard InChI is InChI=1S/C20H21N3O7/c24-16-5-4-14(18(26)22-16)23-8-13-12(19(23)27)2-1-3-15(13)30-9-17(25)21-11-6-10(7-11)20(28)29/h1-3,10-11,14H,4-9H2,(H,21,25)(H,28,29)(H,22,24,26). The number of ether oxygens (including phenoxy) is 1. The van der Waals surface area contributed by atoms with Crippen molar-refractivity contribution >= 4 is 29.6 Å². The number of hydrogen-bond donors (Lipinski definition) is 3. The van der Waals surface area contributed by atoms with Crippen LogP contribution in [0.1, 0.15) is 41.6 Å². The number of nitrogens with zero attached hydrogens (tertiary/aromatic N) is 1. The Kier molecular flexibility index (Phi) is 5.15. The van der Waals surface area contributed by atoms with Crippen LogP contribution in [0.15, 0.2) is 18.2 Å². The quantitative estimate of drug-likeness (QED) is 0.547. The molecule has 0 bridgehead atoms. The second kappa shape index (κ2) is 7.77. The van der Waals surface area contributed by atoms with Crippen LogP contribution in [0.25, 0.3) is 0 Å². The van der Waals surface area contributed by atoms with E-state index in [0.717, 1.165) is 0 Å². The predicted molar refractivity (Wildman–Crippen MR) is 100 cm³/mol. The molecule has 1 saturated heterocycles. The molecule has 3 N–H and O–H groups in total. The Labute approximate surface area is 171 Å². The lowest BCUT2D eigenvalue weighted by atomic mass is 9.80. The Hall–Kier alpha value is -3.43. The monoisotopic (exact) mass is 415 g/mol. The van der Waals surface area contributed by atoms with Crippen LogP contribution < -0.4 is 15.4 Å². The van der Waals surface area contributed by atoms with Crippen molar-refractivity contribution in [2.75, 3.05) is 6.61 Å². The number of carboxylic acids is 1. The van der Waals surface area contributed by atoms with Gasteiger partial charge in [0.05, 0.1) is 12.5 Å². The van der Waals surface area contributed by atoms with Crippen LogP contribution in [0.3, 0.4) is 0 Å². The van der Waals surface area contributed by atoms with E-state index >= 15 is 0 Å². The van der Waals surface area contributed by atoms with Crippen molar-refractivity contribution < 1.29 is 33.8 Å². The number of carbonyl (C=O) groups excluding carboxylic acids is 4. The molecule has 1 aromatic carbocycles. The number of carbonyl (C=O) groups is 5. The van der Waals surface area contributed by atoms with Gasteiger partial charge in [-0.1, -0.05) is 6.07 Å². The molecule has 10 heteroatoms. The van der Waals surface area contributed by atoms with Crippen LogP contribution in [0.2, 0.25) is 0 Å². The summed E-state index contributed by atoms with van der Waals surface area (Å²) in [6.07, 6.45) is 1.24. The van der Waals surface area contributed by atoms with E-state index in [-0.39, 0.29) is 49.8 Å². The van der Waals surface area contributed by atoms with E-state index in [1.807, 2.05) is 0 Å². The van der Waals surface area contributed by atoms with E-state index in [1.165, 1.54) is 4.90 Å². The van der Waals surface area contributed by atoms with Gasteiger partial charge in [0.1, 0.15) is 11.8 Å². The summed E-state index contributed by atoms with van der Waals surface area (Å²) < 4.78 is 5.62. The maximum absolute atomic E-state index is 12.8. The smallest absolute Gasteiger partial charge is 0.306 e. The van der Waals surface area contributed by atoms with E-state index in [2.05, 4.69) is 10.6 Å². The molecule has 1 atom stereocenters. The molecule has 2 fully saturated rings. The Morgan fingerprint density at radius 1 is 1.23 bits per heavy atom. The van der Waals surface area contributed by atoms with Gasteiger partial charge in [0.15, 0.2) is 6.61 Å². The fourth-order valence-corrected chi connectivity index (χ4v) is 4.04. The van der Waals surface area contributed by atoms with Crippen LogP contribution in [-0.4, -0.2) is 58.3 Å². The number of imide groups is 1. The van der Waals surface area contributed by atoms with Gasteiger partial charge in [-0.3, -0.25) is 29.3 Å². The second-order valence-corrected chi connectivity index (χ2v) is 7.74. The molecule has 1 unspecified atom stereocenters. The zero-order valence-corrected chi connectivity index (χ0v) is 16.1. The Bertz CT molecular complexity index is 938. The molecule has 4 amide bonds. The van der Waals surface area contributed by atoms with Gasteiger partial charge in [0.2, 0.25) is 11.8 Å². The van der Waals surface area contributed by atoms with E-state index in [9.17, 15) is 24.0 Å². The van der Waals surface area contributed by atoms with Crippen molar-refractivity contribution in [1.29, 1.82) is 0 Å². The molecular formula is C20H21N3O7. The minimum absolute atomic E-state index is 0.154. The Morgan fingerprint density at radius 2 is 2.00 bits per heavy atom. The zero-order valence-electron chi connectivity index (χ0n) is 16.1. The number of piperidine rings is 1. The van der Waals surface area contributed by atoms with Crippen LogP contribution in [0.4, 0.5) is 0 Å². The number of amides is 4. The summed E-state index contributed by atoms with van der Waals surface area (Å²) >= 11 is 0. The maximum atomic E-state index is 12.8. The second-order valence-electron chi connectivity index (χ2n) is 7.74. The van der Waals surface area contributed by atoms with E-state index in [0.29, 0.717) is 29.7 Å². The molecule has 4 rings (SSSR count). The van der Waals surface area contributed by atoms with Crippen molar-refractivity contribution in [3.63, 3.8) is 0 Å². The fourth-order valence-electron chi connectivity index (χ4n) is 4.04. The topological polar surface area (TPSA) is 142 Å². The normalized spacial score (nSPS) is 25.3. The maximum Gasteiger partial charge on any atom is 0.306 e. The molecule has 0 radical (unpaired) electrons. The average Bonchev–Trinajstić information content (AvgIpc) is 2.99. The van der Waals surface area contributed by atoms with Crippen molar-refractivity contribution in [1.82, 2.24) is 15.5 Å². The number of benzene rings is 1. The first-order valence-electron chi connectivity index (χ1n) is 9.75. The van der Waals surface area contributed by atoms with E-state index in [1.54, 1.807) is 18.2 Å². The van der Waals surface area contributed by atoms with Crippen molar-refractivity contribution in [3.8, 4) is 5.75 Å². The molecule has 0 spiro atoms. The van der Waals surface area contributed by atoms with Crippen molar-refractivity contribution in [3.05, 3.63) is 29.3 Å². The largest absolute Gasteiger partial charge is 0.483 e. The van der Waals surface area contributed by atoms with Crippen LogP contribution in [0, 0.1) is 5.92 Å². The van der Waals surface area contributed by atoms with Crippen LogP contribution >= 0.6 is 0 Å². The molecule has 158 valence electrons. The summed E-state index contributed by atoms with van der Waals surface area (Å²) in [6, 6.07) is 4.03. The molecule has 10 nitrogen and oxygen atoms in total. The average molecular weight is 415 g/mol. The molecule has 0 aromatic heterocycles. The number of nitrogens with one attached hydrogen (secondary N) is 2. The van der Waals surface area contributed by atoms with Gasteiger partial charge in [-0.05, 0) is 31.4 Å². The number of hydrogen-bond acceptors (Lipinski definition) is 6. The summed E-state index contributed by atoms with van der Waals surface area (Å²) in [7, 11) is 0. The molecule has 2 aliphatic heterocycles. The van der Waals surface area contributed by atoms with Gasteiger partial charge in [0, 0.05) is 23.6 Å². The highest BCUT2D eigenvalue weighted by Gasteiger charge is 2.40. The third kappa shape index (κ3) is 3.72. The molecule has 30 heavy (non-hydrogen) atoms. The lowest BCUT2D eigenvalue weighted by molar-refractivity contribution is -0.146. The van der Waals surface area contributed by atoms with Crippen LogP contribution in [0.5, 0.6) is 5.75 Å². The first-order chi connectivity index (χ1) is 14.3. The minimum Gasteiger partial charge on any atom is -0.483 e.